The lowest BCUT2D eigenvalue weighted by atomic mass is 10.1. The van der Waals surface area contributed by atoms with E-state index in [1.54, 1.807) is 18.2 Å². The van der Waals surface area contributed by atoms with Gasteiger partial charge in [0, 0.05) is 11.9 Å². The van der Waals surface area contributed by atoms with E-state index in [-0.39, 0.29) is 18.0 Å². The molecule has 0 aliphatic heterocycles. The molecule has 0 radical (unpaired) electrons. The molecule has 0 spiro atoms. The van der Waals surface area contributed by atoms with Gasteiger partial charge in [-0.05, 0) is 54.8 Å². The monoisotopic (exact) mass is 366 g/mol. The van der Waals surface area contributed by atoms with Crippen LogP contribution >= 0.6 is 0 Å². The minimum absolute atomic E-state index is 0.000357. The minimum Gasteiger partial charge on any atom is -0.406 e. The number of nitrogens with one attached hydrogen (secondary N) is 1. The summed E-state index contributed by atoms with van der Waals surface area (Å²) in [4.78, 5) is 30.6. The van der Waals surface area contributed by atoms with Gasteiger partial charge in [-0.1, -0.05) is 30.3 Å². The number of carbonyl (C=O) groups excluding carboxylic acids is 1. The van der Waals surface area contributed by atoms with Gasteiger partial charge < -0.3 is 10.2 Å². The van der Waals surface area contributed by atoms with Crippen molar-refractivity contribution in [2.24, 2.45) is 0 Å². The average molecular weight is 366 g/mol. The van der Waals surface area contributed by atoms with Crippen molar-refractivity contribution in [3.63, 3.8) is 0 Å². The van der Waals surface area contributed by atoms with Gasteiger partial charge in [-0.3, -0.25) is 9.59 Å². The molecule has 1 heterocycles. The van der Waals surface area contributed by atoms with E-state index < -0.39 is 11.5 Å². The van der Waals surface area contributed by atoms with Crippen LogP contribution in [0.5, 0.6) is 0 Å². The van der Waals surface area contributed by atoms with Crippen LogP contribution in [0.25, 0.3) is 0 Å². The predicted molar refractivity (Wildman–Crippen MR) is 101 cm³/mol. The van der Waals surface area contributed by atoms with E-state index in [9.17, 15) is 14.0 Å². The number of nitrogens with zero attached hydrogens (tertiary/aromatic N) is 1. The van der Waals surface area contributed by atoms with Crippen molar-refractivity contribution in [2.75, 3.05) is 5.32 Å². The van der Waals surface area contributed by atoms with E-state index in [0.717, 1.165) is 15.9 Å². The van der Waals surface area contributed by atoms with Gasteiger partial charge in [-0.15, -0.1) is 0 Å². The van der Waals surface area contributed by atoms with Crippen LogP contribution in [0.15, 0.2) is 65.6 Å². The van der Waals surface area contributed by atoms with Crippen molar-refractivity contribution in [3.8, 4) is 0 Å². The van der Waals surface area contributed by atoms with Crippen LogP contribution in [-0.2, 0) is 6.61 Å². The van der Waals surface area contributed by atoms with Crippen LogP contribution in [0.1, 0.15) is 27.0 Å². The van der Waals surface area contributed by atoms with Crippen molar-refractivity contribution < 1.29 is 14.0 Å². The Kier molecular flexibility index (Phi) is 5.35. The molecule has 0 aliphatic carbocycles. The SMILES string of the molecule is Cc1cccc(C)c1NC(=O)c1cccn(OCc2cccc(F)c2)c1=O. The van der Waals surface area contributed by atoms with Crippen molar-refractivity contribution >= 4 is 11.6 Å². The van der Waals surface area contributed by atoms with E-state index in [2.05, 4.69) is 5.32 Å². The number of hydrogen-bond acceptors (Lipinski definition) is 3. The molecular weight excluding hydrogens is 347 g/mol. The van der Waals surface area contributed by atoms with Crippen molar-refractivity contribution in [1.82, 2.24) is 4.73 Å². The number of aryl methyl sites for hydroxylation is 2. The van der Waals surface area contributed by atoms with Crippen molar-refractivity contribution in [1.29, 1.82) is 0 Å². The Bertz CT molecular complexity index is 1020. The van der Waals surface area contributed by atoms with Crippen LogP contribution in [0.3, 0.4) is 0 Å². The molecule has 1 aromatic heterocycles. The molecule has 2 aromatic carbocycles. The van der Waals surface area contributed by atoms with E-state index in [4.69, 9.17) is 4.84 Å². The first-order valence-corrected chi connectivity index (χ1v) is 8.42. The fourth-order valence-electron chi connectivity index (χ4n) is 2.71. The van der Waals surface area contributed by atoms with Crippen LogP contribution in [0, 0.1) is 19.7 Å². The standard InChI is InChI=1S/C21H19FN2O3/c1-14-6-3-7-15(2)19(14)23-20(25)18-10-5-11-24(21(18)26)27-13-16-8-4-9-17(22)12-16/h3-12H,13H2,1-2H3,(H,23,25). The van der Waals surface area contributed by atoms with Crippen molar-refractivity contribution in [3.05, 3.63) is 99.2 Å². The summed E-state index contributed by atoms with van der Waals surface area (Å²) in [6.45, 7) is 3.77. The third-order valence-electron chi connectivity index (χ3n) is 4.14. The Morgan fingerprint density at radius 2 is 1.78 bits per heavy atom. The summed E-state index contributed by atoms with van der Waals surface area (Å²) in [5.74, 6) is -0.897. The fourth-order valence-corrected chi connectivity index (χ4v) is 2.71. The predicted octanol–water partition coefficient (Wildman–Crippen LogP) is 3.49. The van der Waals surface area contributed by atoms with Crippen LogP contribution in [-0.4, -0.2) is 10.6 Å². The number of anilines is 1. The third kappa shape index (κ3) is 4.23. The minimum atomic E-state index is -0.586. The molecule has 3 rings (SSSR count). The lowest BCUT2D eigenvalue weighted by molar-refractivity contribution is 0.0862. The molecule has 0 bridgehead atoms. The lowest BCUT2D eigenvalue weighted by Gasteiger charge is -2.13. The zero-order valence-corrected chi connectivity index (χ0v) is 15.0. The number of rotatable bonds is 5. The molecule has 0 saturated heterocycles. The number of pyridine rings is 1. The van der Waals surface area contributed by atoms with Crippen LogP contribution < -0.4 is 15.7 Å². The number of amides is 1. The largest absolute Gasteiger partial charge is 0.406 e. The third-order valence-corrected chi connectivity index (χ3v) is 4.14. The molecule has 27 heavy (non-hydrogen) atoms. The molecule has 138 valence electrons. The zero-order valence-electron chi connectivity index (χ0n) is 15.0. The van der Waals surface area contributed by atoms with E-state index in [1.165, 1.54) is 24.4 Å². The number of carbonyl (C=O) groups is 1. The number of benzene rings is 2. The van der Waals surface area contributed by atoms with E-state index >= 15 is 0 Å². The van der Waals surface area contributed by atoms with E-state index in [0.29, 0.717) is 11.3 Å². The lowest BCUT2D eigenvalue weighted by Crippen LogP contribution is -2.32. The number of aromatic nitrogens is 1. The Morgan fingerprint density at radius 1 is 1.07 bits per heavy atom. The maximum absolute atomic E-state index is 13.2. The van der Waals surface area contributed by atoms with Gasteiger partial charge in [-0.2, -0.15) is 4.73 Å². The van der Waals surface area contributed by atoms with Crippen LogP contribution in [0.4, 0.5) is 10.1 Å². The quantitative estimate of drug-likeness (QED) is 0.752. The summed E-state index contributed by atoms with van der Waals surface area (Å²) in [5.41, 5.74) is 2.44. The summed E-state index contributed by atoms with van der Waals surface area (Å²) in [6, 6.07) is 14.5. The normalized spacial score (nSPS) is 10.5. The molecule has 0 unspecified atom stereocenters. The highest BCUT2D eigenvalue weighted by Gasteiger charge is 2.15. The van der Waals surface area contributed by atoms with E-state index in [1.807, 2.05) is 32.0 Å². The Hall–Kier alpha value is -3.41. The summed E-state index contributed by atoms with van der Waals surface area (Å²) in [6.07, 6.45) is 1.41. The van der Waals surface area contributed by atoms with Crippen LogP contribution in [0.2, 0.25) is 0 Å². The summed E-state index contributed by atoms with van der Waals surface area (Å²) in [7, 11) is 0. The molecule has 1 amide bonds. The average Bonchev–Trinajstić information content (AvgIpc) is 2.64. The maximum Gasteiger partial charge on any atom is 0.295 e. The van der Waals surface area contributed by atoms with Gasteiger partial charge in [0.15, 0.2) is 0 Å². The molecule has 0 atom stereocenters. The molecular formula is C21H19FN2O3. The maximum atomic E-state index is 13.2. The van der Waals surface area contributed by atoms with Gasteiger partial charge in [0.25, 0.3) is 11.5 Å². The number of halogens is 1. The van der Waals surface area contributed by atoms with Gasteiger partial charge in [0.2, 0.25) is 0 Å². The molecule has 0 saturated carbocycles. The molecule has 0 fully saturated rings. The summed E-state index contributed by atoms with van der Waals surface area (Å²) in [5, 5.41) is 2.79. The zero-order chi connectivity index (χ0) is 19.4. The van der Waals surface area contributed by atoms with Gasteiger partial charge in [0.05, 0.1) is 0 Å². The first kappa shape index (κ1) is 18.4. The second kappa shape index (κ2) is 7.86. The van der Waals surface area contributed by atoms with Crippen molar-refractivity contribution in [2.45, 2.75) is 20.5 Å². The Morgan fingerprint density at radius 3 is 2.48 bits per heavy atom. The summed E-state index contributed by atoms with van der Waals surface area (Å²) >= 11 is 0. The molecule has 1 N–H and O–H groups in total. The number of para-hydroxylation sites is 1. The van der Waals surface area contributed by atoms with Gasteiger partial charge in [0.1, 0.15) is 18.0 Å². The highest BCUT2D eigenvalue weighted by molar-refractivity contribution is 6.04. The Labute approximate surface area is 156 Å². The second-order valence-corrected chi connectivity index (χ2v) is 6.18. The molecule has 0 aliphatic rings. The molecule has 5 nitrogen and oxygen atoms in total. The number of hydrogen-bond donors (Lipinski definition) is 1. The highest BCUT2D eigenvalue weighted by Crippen LogP contribution is 2.19. The van der Waals surface area contributed by atoms with Gasteiger partial charge in [-0.25, -0.2) is 4.39 Å². The smallest absolute Gasteiger partial charge is 0.295 e. The topological polar surface area (TPSA) is 60.3 Å². The first-order chi connectivity index (χ1) is 13.0. The highest BCUT2D eigenvalue weighted by atomic mass is 19.1. The molecule has 6 heteroatoms. The first-order valence-electron chi connectivity index (χ1n) is 8.42. The Balaban J connectivity index is 1.80. The second-order valence-electron chi connectivity index (χ2n) is 6.18. The summed E-state index contributed by atoms with van der Waals surface area (Å²) < 4.78 is 14.2. The van der Waals surface area contributed by atoms with Gasteiger partial charge >= 0.3 is 0 Å². The fraction of sp³-hybridized carbons (Fsp3) is 0.143. The molecule has 3 aromatic rings.